The largest absolute Gasteiger partial charge is 0.480 e. The van der Waals surface area contributed by atoms with Gasteiger partial charge in [0.2, 0.25) is 0 Å². The summed E-state index contributed by atoms with van der Waals surface area (Å²) in [7, 11) is 0. The van der Waals surface area contributed by atoms with Crippen molar-refractivity contribution in [1.82, 2.24) is 10.6 Å². The molecule has 4 N–H and O–H groups in total. The van der Waals surface area contributed by atoms with E-state index in [1.165, 1.54) is 0 Å². The number of benzene rings is 1. The first-order chi connectivity index (χ1) is 9.58. The number of aliphatic carboxylic acids is 1. The van der Waals surface area contributed by atoms with E-state index in [1.54, 1.807) is 0 Å². The van der Waals surface area contributed by atoms with Crippen LogP contribution in [0, 0.1) is 0 Å². The van der Waals surface area contributed by atoms with Crippen molar-refractivity contribution in [2.24, 2.45) is 0 Å². The van der Waals surface area contributed by atoms with E-state index >= 15 is 0 Å². The SMILES string of the molecule is CCc1ccccc1CNC(=O)N[C@H](CCO)C(=O)O. The Morgan fingerprint density at radius 1 is 1.25 bits per heavy atom. The molecule has 6 nitrogen and oxygen atoms in total. The van der Waals surface area contributed by atoms with Gasteiger partial charge in [-0.05, 0) is 17.5 Å². The van der Waals surface area contributed by atoms with Gasteiger partial charge in [0.15, 0.2) is 0 Å². The third-order valence-corrected chi connectivity index (χ3v) is 2.96. The summed E-state index contributed by atoms with van der Waals surface area (Å²) in [6.07, 6.45) is 0.843. The van der Waals surface area contributed by atoms with Gasteiger partial charge in [-0.1, -0.05) is 31.2 Å². The van der Waals surface area contributed by atoms with Crippen LogP contribution in [-0.2, 0) is 17.8 Å². The number of amides is 2. The second-order valence-electron chi connectivity index (χ2n) is 4.35. The third-order valence-electron chi connectivity index (χ3n) is 2.96. The van der Waals surface area contributed by atoms with Crippen molar-refractivity contribution in [1.29, 1.82) is 0 Å². The monoisotopic (exact) mass is 280 g/mol. The van der Waals surface area contributed by atoms with Crippen LogP contribution in [0.1, 0.15) is 24.5 Å². The Morgan fingerprint density at radius 2 is 1.90 bits per heavy atom. The molecule has 0 heterocycles. The number of aliphatic hydroxyl groups excluding tert-OH is 1. The molecular weight excluding hydrogens is 260 g/mol. The molecule has 0 aliphatic heterocycles. The summed E-state index contributed by atoms with van der Waals surface area (Å²) in [6.45, 7) is 2.07. The molecule has 0 saturated heterocycles. The third kappa shape index (κ3) is 4.89. The molecule has 0 spiro atoms. The summed E-state index contributed by atoms with van der Waals surface area (Å²) in [5, 5.41) is 22.5. The molecule has 0 aliphatic carbocycles. The number of carboxylic acid groups (broad SMARTS) is 1. The van der Waals surface area contributed by atoms with Crippen molar-refractivity contribution in [3.05, 3.63) is 35.4 Å². The van der Waals surface area contributed by atoms with E-state index in [1.807, 2.05) is 31.2 Å². The number of nitrogens with one attached hydrogen (secondary N) is 2. The van der Waals surface area contributed by atoms with Gasteiger partial charge in [-0.15, -0.1) is 0 Å². The standard InChI is InChI=1S/C14H20N2O4/c1-2-10-5-3-4-6-11(10)9-15-14(20)16-12(7-8-17)13(18)19/h3-6,12,17H,2,7-9H2,1H3,(H,18,19)(H2,15,16,20)/t12-/m1/s1. The highest BCUT2D eigenvalue weighted by Gasteiger charge is 2.18. The van der Waals surface area contributed by atoms with Gasteiger partial charge in [0.25, 0.3) is 0 Å². The summed E-state index contributed by atoms with van der Waals surface area (Å²) in [6, 6.07) is 6.09. The van der Waals surface area contributed by atoms with Crippen LogP contribution in [0.2, 0.25) is 0 Å². The fraction of sp³-hybridized carbons (Fsp3) is 0.429. The first-order valence-electron chi connectivity index (χ1n) is 6.53. The molecule has 1 atom stereocenters. The fourth-order valence-electron chi connectivity index (χ4n) is 1.85. The van der Waals surface area contributed by atoms with Gasteiger partial charge in [-0.2, -0.15) is 0 Å². The second kappa shape index (κ2) is 8.16. The molecule has 0 unspecified atom stereocenters. The lowest BCUT2D eigenvalue weighted by molar-refractivity contribution is -0.139. The van der Waals surface area contributed by atoms with E-state index in [0.717, 1.165) is 17.5 Å². The van der Waals surface area contributed by atoms with E-state index in [-0.39, 0.29) is 13.0 Å². The molecule has 0 fully saturated rings. The molecule has 20 heavy (non-hydrogen) atoms. The topological polar surface area (TPSA) is 98.7 Å². The highest BCUT2D eigenvalue weighted by Crippen LogP contribution is 2.08. The van der Waals surface area contributed by atoms with E-state index in [4.69, 9.17) is 10.2 Å². The summed E-state index contributed by atoms with van der Waals surface area (Å²) in [4.78, 5) is 22.5. The van der Waals surface area contributed by atoms with Crippen molar-refractivity contribution in [3.63, 3.8) is 0 Å². The smallest absolute Gasteiger partial charge is 0.326 e. The van der Waals surface area contributed by atoms with Gasteiger partial charge >= 0.3 is 12.0 Å². The van der Waals surface area contributed by atoms with Crippen molar-refractivity contribution in [2.45, 2.75) is 32.4 Å². The summed E-state index contributed by atoms with van der Waals surface area (Å²) < 4.78 is 0. The van der Waals surface area contributed by atoms with Crippen molar-refractivity contribution >= 4 is 12.0 Å². The maximum atomic E-state index is 11.6. The number of aryl methyl sites for hydroxylation is 1. The van der Waals surface area contributed by atoms with Gasteiger partial charge < -0.3 is 20.8 Å². The maximum Gasteiger partial charge on any atom is 0.326 e. The Kier molecular flexibility index (Phi) is 6.52. The van der Waals surface area contributed by atoms with E-state index in [0.29, 0.717) is 6.54 Å². The van der Waals surface area contributed by atoms with Crippen LogP contribution >= 0.6 is 0 Å². The number of aliphatic hydroxyl groups is 1. The number of hydrogen-bond donors (Lipinski definition) is 4. The molecule has 2 amide bonds. The predicted octanol–water partition coefficient (Wildman–Crippen LogP) is 0.884. The molecule has 1 rings (SSSR count). The molecule has 0 bridgehead atoms. The normalized spacial score (nSPS) is 11.7. The minimum absolute atomic E-state index is 0.0195. The maximum absolute atomic E-state index is 11.6. The number of hydrogen-bond acceptors (Lipinski definition) is 3. The fourth-order valence-corrected chi connectivity index (χ4v) is 1.85. The Balaban J connectivity index is 2.52. The van der Waals surface area contributed by atoms with Crippen LogP contribution in [-0.4, -0.2) is 34.9 Å². The Bertz CT molecular complexity index is 462. The van der Waals surface area contributed by atoms with Gasteiger partial charge in [0.1, 0.15) is 6.04 Å². The zero-order valence-electron chi connectivity index (χ0n) is 11.4. The minimum atomic E-state index is -1.16. The zero-order chi connectivity index (χ0) is 15.0. The molecule has 110 valence electrons. The van der Waals surface area contributed by atoms with Gasteiger partial charge in [-0.3, -0.25) is 0 Å². The summed E-state index contributed by atoms with van der Waals surface area (Å²) in [5.41, 5.74) is 2.14. The molecule has 0 radical (unpaired) electrons. The van der Waals surface area contributed by atoms with E-state index in [2.05, 4.69) is 10.6 Å². The van der Waals surface area contributed by atoms with Crippen molar-refractivity contribution in [3.8, 4) is 0 Å². The number of carbonyl (C=O) groups is 2. The average Bonchev–Trinajstić information content (AvgIpc) is 2.44. The first-order valence-corrected chi connectivity index (χ1v) is 6.53. The Labute approximate surface area is 117 Å². The Hall–Kier alpha value is -2.08. The lowest BCUT2D eigenvalue weighted by Crippen LogP contribution is -2.46. The highest BCUT2D eigenvalue weighted by atomic mass is 16.4. The lowest BCUT2D eigenvalue weighted by atomic mass is 10.1. The quantitative estimate of drug-likeness (QED) is 0.596. The van der Waals surface area contributed by atoms with E-state index in [9.17, 15) is 9.59 Å². The highest BCUT2D eigenvalue weighted by molar-refractivity contribution is 5.82. The molecule has 0 aromatic heterocycles. The molecule has 1 aromatic rings. The first kappa shape index (κ1) is 16.0. The lowest BCUT2D eigenvalue weighted by Gasteiger charge is -2.15. The zero-order valence-corrected chi connectivity index (χ0v) is 11.4. The van der Waals surface area contributed by atoms with Gasteiger partial charge in [-0.25, -0.2) is 9.59 Å². The molecule has 0 aliphatic rings. The van der Waals surface area contributed by atoms with Crippen LogP contribution in [0.3, 0.4) is 0 Å². The number of carboxylic acids is 1. The molecule has 6 heteroatoms. The molecule has 1 aromatic carbocycles. The van der Waals surface area contributed by atoms with Crippen LogP contribution in [0.5, 0.6) is 0 Å². The van der Waals surface area contributed by atoms with E-state index < -0.39 is 18.0 Å². The average molecular weight is 280 g/mol. The van der Waals surface area contributed by atoms with Gasteiger partial charge in [0, 0.05) is 19.6 Å². The number of urea groups is 1. The van der Waals surface area contributed by atoms with Crippen LogP contribution in [0.15, 0.2) is 24.3 Å². The van der Waals surface area contributed by atoms with Crippen molar-refractivity contribution in [2.75, 3.05) is 6.61 Å². The Morgan fingerprint density at radius 3 is 2.45 bits per heavy atom. The number of rotatable bonds is 7. The van der Waals surface area contributed by atoms with Crippen LogP contribution < -0.4 is 10.6 Å². The second-order valence-corrected chi connectivity index (χ2v) is 4.35. The number of carbonyl (C=O) groups excluding carboxylic acids is 1. The van der Waals surface area contributed by atoms with Gasteiger partial charge in [0.05, 0.1) is 0 Å². The predicted molar refractivity (Wildman–Crippen MR) is 74.3 cm³/mol. The molecular formula is C14H20N2O4. The van der Waals surface area contributed by atoms with Crippen molar-refractivity contribution < 1.29 is 19.8 Å². The summed E-state index contributed by atoms with van der Waals surface area (Å²) >= 11 is 0. The minimum Gasteiger partial charge on any atom is -0.480 e. The van der Waals surface area contributed by atoms with Crippen LogP contribution in [0.4, 0.5) is 4.79 Å². The summed E-state index contributed by atoms with van der Waals surface area (Å²) in [5.74, 6) is -1.16. The van der Waals surface area contributed by atoms with Crippen LogP contribution in [0.25, 0.3) is 0 Å². The molecule has 0 saturated carbocycles.